The van der Waals surface area contributed by atoms with E-state index in [4.69, 9.17) is 4.74 Å². The Morgan fingerprint density at radius 1 is 1.17 bits per heavy atom. The molecule has 1 aliphatic heterocycles. The first-order chi connectivity index (χ1) is 13.7. The summed E-state index contributed by atoms with van der Waals surface area (Å²) in [6.45, 7) is 9.21. The van der Waals surface area contributed by atoms with E-state index in [2.05, 4.69) is 5.32 Å². The van der Waals surface area contributed by atoms with Crippen molar-refractivity contribution in [1.29, 1.82) is 0 Å². The molecule has 1 N–H and O–H groups in total. The van der Waals surface area contributed by atoms with Gasteiger partial charge in [0.05, 0.1) is 11.5 Å². The Balaban J connectivity index is 2.09. The van der Waals surface area contributed by atoms with Crippen molar-refractivity contribution in [2.75, 3.05) is 32.8 Å². The van der Waals surface area contributed by atoms with Crippen molar-refractivity contribution in [3.05, 3.63) is 29.3 Å². The highest BCUT2D eigenvalue weighted by atomic mass is 32.2. The third kappa shape index (κ3) is 5.48. The Labute approximate surface area is 173 Å². The zero-order valence-corrected chi connectivity index (χ0v) is 18.4. The van der Waals surface area contributed by atoms with E-state index >= 15 is 0 Å². The predicted octanol–water partition coefficient (Wildman–Crippen LogP) is 2.38. The van der Waals surface area contributed by atoms with Crippen molar-refractivity contribution >= 4 is 22.0 Å². The molecule has 0 saturated carbocycles. The van der Waals surface area contributed by atoms with Gasteiger partial charge in [-0.2, -0.15) is 4.31 Å². The van der Waals surface area contributed by atoms with Crippen molar-refractivity contribution in [3.63, 3.8) is 0 Å². The molecule has 1 aromatic carbocycles. The number of carbonyl (C=O) groups is 2. The zero-order valence-electron chi connectivity index (χ0n) is 17.6. The Bertz CT molecular complexity index is 829. The Morgan fingerprint density at radius 3 is 2.34 bits per heavy atom. The summed E-state index contributed by atoms with van der Waals surface area (Å²) in [6.07, 6.45) is 0.921. The van der Waals surface area contributed by atoms with Crippen molar-refractivity contribution in [3.8, 4) is 0 Å². The molecule has 162 valence electrons. The second-order valence-corrected chi connectivity index (χ2v) is 8.94. The van der Waals surface area contributed by atoms with Crippen LogP contribution in [0.25, 0.3) is 0 Å². The van der Waals surface area contributed by atoms with Gasteiger partial charge in [0.1, 0.15) is 0 Å². The molecular weight excluding hydrogens is 394 g/mol. The summed E-state index contributed by atoms with van der Waals surface area (Å²) in [6, 6.07) is 4.58. The maximum absolute atomic E-state index is 12.8. The smallest absolute Gasteiger partial charge is 0.409 e. The Hall–Kier alpha value is -2.13. The van der Waals surface area contributed by atoms with Crippen LogP contribution >= 0.6 is 0 Å². The van der Waals surface area contributed by atoms with Crippen LogP contribution in [0, 0.1) is 6.92 Å². The van der Waals surface area contributed by atoms with Crippen LogP contribution in [-0.4, -0.2) is 68.5 Å². The highest BCUT2D eigenvalue weighted by Gasteiger charge is 2.27. The number of hydrogen-bond acceptors (Lipinski definition) is 5. The molecule has 0 aliphatic carbocycles. The highest BCUT2D eigenvalue weighted by molar-refractivity contribution is 7.89. The van der Waals surface area contributed by atoms with Gasteiger partial charge in [-0.25, -0.2) is 13.2 Å². The molecule has 0 radical (unpaired) electrons. The summed E-state index contributed by atoms with van der Waals surface area (Å²) in [5.74, 6) is -0.298. The number of rotatable bonds is 7. The van der Waals surface area contributed by atoms with Crippen molar-refractivity contribution in [2.45, 2.75) is 51.5 Å². The summed E-state index contributed by atoms with van der Waals surface area (Å²) in [5, 5.41) is 2.98. The number of likely N-dealkylation sites (tertiary alicyclic amines) is 1. The molecule has 1 aromatic rings. The van der Waals surface area contributed by atoms with Gasteiger partial charge in [0.25, 0.3) is 5.91 Å². The van der Waals surface area contributed by atoms with E-state index in [0.717, 1.165) is 0 Å². The molecule has 0 bridgehead atoms. The number of sulfonamides is 1. The standard InChI is InChI=1S/C20H31N3O5S/c1-5-23(6-2)29(26,27)17-9-8-15(4)18(14-17)19(24)21-16-10-12-22(13-11-16)20(25)28-7-3/h8-9,14,16H,5-7,10-13H2,1-4H3,(H,21,24). The maximum atomic E-state index is 12.8. The zero-order chi connectivity index (χ0) is 21.6. The second kappa shape index (κ2) is 10.1. The van der Waals surface area contributed by atoms with E-state index in [-0.39, 0.29) is 22.9 Å². The van der Waals surface area contributed by atoms with Gasteiger partial charge < -0.3 is 15.0 Å². The SMILES string of the molecule is CCOC(=O)N1CCC(NC(=O)c2cc(S(=O)(=O)N(CC)CC)ccc2C)CC1. The number of aryl methyl sites for hydroxylation is 1. The van der Waals surface area contributed by atoms with Crippen LogP contribution in [0.1, 0.15) is 49.5 Å². The molecule has 8 nitrogen and oxygen atoms in total. The second-order valence-electron chi connectivity index (χ2n) is 7.00. The van der Waals surface area contributed by atoms with Crippen LogP contribution in [0.15, 0.2) is 23.1 Å². The quantitative estimate of drug-likeness (QED) is 0.724. The first-order valence-corrected chi connectivity index (χ1v) is 11.5. The minimum Gasteiger partial charge on any atom is -0.450 e. The van der Waals surface area contributed by atoms with Crippen LogP contribution in [0.2, 0.25) is 0 Å². The van der Waals surface area contributed by atoms with Gasteiger partial charge in [-0.15, -0.1) is 0 Å². The molecule has 1 aliphatic rings. The normalized spacial score (nSPS) is 15.4. The number of amides is 2. The van der Waals surface area contributed by atoms with Crippen molar-refractivity contribution in [2.24, 2.45) is 0 Å². The molecule has 29 heavy (non-hydrogen) atoms. The molecule has 2 amide bonds. The number of piperidine rings is 1. The van der Waals surface area contributed by atoms with Crippen molar-refractivity contribution < 1.29 is 22.7 Å². The fourth-order valence-electron chi connectivity index (χ4n) is 3.40. The van der Waals surface area contributed by atoms with Gasteiger partial charge in [-0.3, -0.25) is 4.79 Å². The minimum absolute atomic E-state index is 0.0735. The summed E-state index contributed by atoms with van der Waals surface area (Å²) in [4.78, 5) is 26.4. The minimum atomic E-state index is -3.63. The topological polar surface area (TPSA) is 96.0 Å². The summed E-state index contributed by atoms with van der Waals surface area (Å²) >= 11 is 0. The average Bonchev–Trinajstić information content (AvgIpc) is 2.69. The van der Waals surface area contributed by atoms with Crippen LogP contribution in [-0.2, 0) is 14.8 Å². The Kier molecular flexibility index (Phi) is 8.04. The van der Waals surface area contributed by atoms with Crippen LogP contribution < -0.4 is 5.32 Å². The van der Waals surface area contributed by atoms with E-state index in [1.165, 1.54) is 16.4 Å². The molecule has 9 heteroatoms. The monoisotopic (exact) mass is 425 g/mol. The molecule has 0 aromatic heterocycles. The lowest BCUT2D eigenvalue weighted by molar-refractivity contribution is 0.0859. The highest BCUT2D eigenvalue weighted by Crippen LogP contribution is 2.20. The third-order valence-corrected chi connectivity index (χ3v) is 7.20. The van der Waals surface area contributed by atoms with E-state index in [9.17, 15) is 18.0 Å². The Morgan fingerprint density at radius 2 is 1.79 bits per heavy atom. The van der Waals surface area contributed by atoms with E-state index in [1.807, 2.05) is 0 Å². The molecule has 2 rings (SSSR count). The predicted molar refractivity (Wildman–Crippen MR) is 110 cm³/mol. The van der Waals surface area contributed by atoms with Gasteiger partial charge in [-0.1, -0.05) is 19.9 Å². The number of carbonyl (C=O) groups excluding carboxylic acids is 2. The van der Waals surface area contributed by atoms with E-state index in [1.54, 1.807) is 38.7 Å². The average molecular weight is 426 g/mol. The van der Waals surface area contributed by atoms with E-state index in [0.29, 0.717) is 56.8 Å². The lowest BCUT2D eigenvalue weighted by Gasteiger charge is -2.31. The summed E-state index contributed by atoms with van der Waals surface area (Å²) < 4.78 is 31.9. The molecule has 0 unspecified atom stereocenters. The largest absolute Gasteiger partial charge is 0.450 e. The van der Waals surface area contributed by atoms with Gasteiger partial charge in [0.15, 0.2) is 0 Å². The number of benzene rings is 1. The van der Waals surface area contributed by atoms with Gasteiger partial charge in [0, 0.05) is 37.8 Å². The number of ether oxygens (including phenoxy) is 1. The number of nitrogens with one attached hydrogen (secondary N) is 1. The first-order valence-electron chi connectivity index (χ1n) is 10.1. The van der Waals surface area contributed by atoms with E-state index < -0.39 is 10.0 Å². The summed E-state index contributed by atoms with van der Waals surface area (Å²) in [7, 11) is -3.63. The number of nitrogens with zero attached hydrogens (tertiary/aromatic N) is 2. The van der Waals surface area contributed by atoms with Crippen LogP contribution in [0.5, 0.6) is 0 Å². The van der Waals surface area contributed by atoms with Gasteiger partial charge >= 0.3 is 6.09 Å². The maximum Gasteiger partial charge on any atom is 0.409 e. The molecule has 0 spiro atoms. The molecular formula is C20H31N3O5S. The number of hydrogen-bond donors (Lipinski definition) is 1. The molecule has 1 heterocycles. The van der Waals surface area contributed by atoms with Crippen molar-refractivity contribution in [1.82, 2.24) is 14.5 Å². The molecule has 1 fully saturated rings. The first kappa shape index (κ1) is 23.2. The van der Waals surface area contributed by atoms with Gasteiger partial charge in [-0.05, 0) is 44.4 Å². The lowest BCUT2D eigenvalue weighted by Crippen LogP contribution is -2.46. The van der Waals surface area contributed by atoms with Gasteiger partial charge in [0.2, 0.25) is 10.0 Å². The molecule has 1 saturated heterocycles. The lowest BCUT2D eigenvalue weighted by atomic mass is 10.0. The fraction of sp³-hybridized carbons (Fsp3) is 0.600. The van der Waals surface area contributed by atoms with Crippen LogP contribution in [0.3, 0.4) is 0 Å². The van der Waals surface area contributed by atoms with Crippen LogP contribution in [0.4, 0.5) is 4.79 Å². The molecule has 0 atom stereocenters. The third-order valence-electron chi connectivity index (χ3n) is 5.15. The fourth-order valence-corrected chi connectivity index (χ4v) is 4.89. The summed E-state index contributed by atoms with van der Waals surface area (Å²) in [5.41, 5.74) is 1.07.